The molecule has 3 aliphatic rings. The average molecular weight is 462 g/mol. The largest absolute Gasteiger partial charge is 0.346 e. The van der Waals surface area contributed by atoms with E-state index in [1.165, 1.54) is 6.08 Å². The second-order valence-corrected chi connectivity index (χ2v) is 10.2. The van der Waals surface area contributed by atoms with Crippen molar-refractivity contribution in [2.75, 3.05) is 26.2 Å². The molecule has 9 nitrogen and oxygen atoms in total. The zero-order valence-corrected chi connectivity index (χ0v) is 19.9. The molecule has 33 heavy (non-hydrogen) atoms. The first-order valence-electron chi connectivity index (χ1n) is 12.2. The van der Waals surface area contributed by atoms with E-state index in [4.69, 9.17) is 5.73 Å². The minimum absolute atomic E-state index is 0.0193. The van der Waals surface area contributed by atoms with Crippen LogP contribution in [0.2, 0.25) is 0 Å². The molecule has 2 heterocycles. The van der Waals surface area contributed by atoms with Crippen molar-refractivity contribution in [1.82, 2.24) is 20.9 Å². The molecule has 1 saturated carbocycles. The fourth-order valence-electron chi connectivity index (χ4n) is 5.44. The van der Waals surface area contributed by atoms with E-state index in [0.29, 0.717) is 19.5 Å². The van der Waals surface area contributed by atoms with Crippen LogP contribution in [-0.4, -0.2) is 72.7 Å². The molecule has 2 aliphatic heterocycles. The fourth-order valence-corrected chi connectivity index (χ4v) is 5.44. The standard InChI is InChI=1S/C24H39N5O4/c1-4-11-27-22(32)20(30)17-10-8-6-5-7-9-12-26-13-16(25)23(33)29-14-15-18(24(15,2)3)19(29)21(31)28-17/h4,15-19,26H,1,5-14,25H2,2-3H3,(H,27,32)(H,28,31)/t15-,16-,17-,18-,19-/m0/s1. The zero-order valence-electron chi connectivity index (χ0n) is 19.9. The number of hydrogen-bond donors (Lipinski definition) is 4. The number of fused-ring (bicyclic) bond motifs is 3. The zero-order chi connectivity index (χ0) is 24.2. The van der Waals surface area contributed by atoms with Crippen molar-refractivity contribution in [3.63, 3.8) is 0 Å². The van der Waals surface area contributed by atoms with Gasteiger partial charge in [-0.05, 0) is 36.6 Å². The van der Waals surface area contributed by atoms with Gasteiger partial charge in [0.1, 0.15) is 6.04 Å². The lowest BCUT2D eigenvalue weighted by Crippen LogP contribution is -2.58. The summed E-state index contributed by atoms with van der Waals surface area (Å²) in [5.41, 5.74) is 6.12. The molecule has 9 heteroatoms. The molecule has 1 aliphatic carbocycles. The monoisotopic (exact) mass is 461 g/mol. The third-order valence-corrected chi connectivity index (χ3v) is 7.55. The van der Waals surface area contributed by atoms with Crippen molar-refractivity contribution < 1.29 is 19.2 Å². The Morgan fingerprint density at radius 2 is 1.91 bits per heavy atom. The van der Waals surface area contributed by atoms with Crippen LogP contribution in [0.25, 0.3) is 0 Å². The van der Waals surface area contributed by atoms with Gasteiger partial charge in [0.15, 0.2) is 0 Å². The summed E-state index contributed by atoms with van der Waals surface area (Å²) >= 11 is 0. The van der Waals surface area contributed by atoms with Gasteiger partial charge >= 0.3 is 0 Å². The van der Waals surface area contributed by atoms with Gasteiger partial charge in [-0.3, -0.25) is 19.2 Å². The number of Topliss-reactive ketones (excluding diaryl/α,β-unsaturated/α-hetero) is 1. The van der Waals surface area contributed by atoms with Crippen LogP contribution < -0.4 is 21.7 Å². The SMILES string of the molecule is C=CCNC(=O)C(=O)[C@@H]1CCCCCCCNC[C@H](N)C(=O)N2C[C@H]3[C@@H]([C@H]2C(=O)N1)C3(C)C. The molecule has 0 bridgehead atoms. The van der Waals surface area contributed by atoms with Gasteiger partial charge in [-0.15, -0.1) is 6.58 Å². The molecule has 184 valence electrons. The van der Waals surface area contributed by atoms with Crippen LogP contribution >= 0.6 is 0 Å². The van der Waals surface area contributed by atoms with E-state index in [-0.39, 0.29) is 35.6 Å². The Morgan fingerprint density at radius 1 is 1.21 bits per heavy atom. The number of amides is 3. The second-order valence-electron chi connectivity index (χ2n) is 10.2. The number of carbonyl (C=O) groups excluding carboxylic acids is 4. The molecular weight excluding hydrogens is 422 g/mol. The normalized spacial score (nSPS) is 32.8. The van der Waals surface area contributed by atoms with E-state index in [1.807, 2.05) is 0 Å². The molecular formula is C24H39N5O4. The summed E-state index contributed by atoms with van der Waals surface area (Å²) in [6, 6.07) is -2.32. The fraction of sp³-hybridized carbons (Fsp3) is 0.750. The molecule has 3 rings (SSSR count). The van der Waals surface area contributed by atoms with Gasteiger partial charge in [-0.25, -0.2) is 0 Å². The number of hydrogen-bond acceptors (Lipinski definition) is 6. The molecule has 0 aromatic rings. The Labute approximate surface area is 196 Å². The van der Waals surface area contributed by atoms with E-state index in [1.54, 1.807) is 4.90 Å². The lowest BCUT2D eigenvalue weighted by Gasteiger charge is -2.33. The Bertz CT molecular complexity index is 783. The van der Waals surface area contributed by atoms with Crippen molar-refractivity contribution in [3.8, 4) is 0 Å². The highest BCUT2D eigenvalue weighted by Crippen LogP contribution is 2.64. The molecule has 0 unspecified atom stereocenters. The predicted molar refractivity (Wildman–Crippen MR) is 125 cm³/mol. The second kappa shape index (κ2) is 10.8. The van der Waals surface area contributed by atoms with E-state index in [9.17, 15) is 19.2 Å². The van der Waals surface area contributed by atoms with Crippen molar-refractivity contribution in [2.24, 2.45) is 23.0 Å². The highest BCUT2D eigenvalue weighted by molar-refractivity contribution is 6.38. The molecule has 3 fully saturated rings. The Kier molecular flexibility index (Phi) is 8.28. The first-order chi connectivity index (χ1) is 15.7. The molecule has 5 atom stereocenters. The lowest BCUT2D eigenvalue weighted by atomic mass is 9.98. The first-order valence-corrected chi connectivity index (χ1v) is 12.2. The Balaban J connectivity index is 1.80. The number of piperidine rings is 1. The summed E-state index contributed by atoms with van der Waals surface area (Å²) in [6.45, 7) is 9.57. The maximum absolute atomic E-state index is 13.5. The van der Waals surface area contributed by atoms with Gasteiger partial charge in [0, 0.05) is 19.6 Å². The molecule has 0 aromatic heterocycles. The minimum Gasteiger partial charge on any atom is -0.346 e. The van der Waals surface area contributed by atoms with Crippen LogP contribution in [-0.2, 0) is 19.2 Å². The van der Waals surface area contributed by atoms with Gasteiger partial charge in [0.25, 0.3) is 5.91 Å². The van der Waals surface area contributed by atoms with E-state index in [0.717, 1.165) is 38.6 Å². The van der Waals surface area contributed by atoms with Gasteiger partial charge < -0.3 is 26.6 Å². The van der Waals surface area contributed by atoms with Crippen LogP contribution in [0, 0.1) is 17.3 Å². The van der Waals surface area contributed by atoms with Gasteiger partial charge in [-0.2, -0.15) is 0 Å². The van der Waals surface area contributed by atoms with E-state index in [2.05, 4.69) is 36.4 Å². The molecule has 2 saturated heterocycles. The minimum atomic E-state index is -0.913. The van der Waals surface area contributed by atoms with Crippen molar-refractivity contribution in [3.05, 3.63) is 12.7 Å². The third kappa shape index (κ3) is 5.63. The van der Waals surface area contributed by atoms with Gasteiger partial charge in [0.05, 0.1) is 12.1 Å². The molecule has 5 N–H and O–H groups in total. The maximum atomic E-state index is 13.5. The summed E-state index contributed by atoms with van der Waals surface area (Å²) in [4.78, 5) is 53.3. The highest BCUT2D eigenvalue weighted by Gasteiger charge is 2.69. The molecule has 0 aromatic carbocycles. The molecule has 0 radical (unpaired) electrons. The van der Waals surface area contributed by atoms with E-state index >= 15 is 0 Å². The summed E-state index contributed by atoms with van der Waals surface area (Å²) in [7, 11) is 0. The summed E-state index contributed by atoms with van der Waals surface area (Å²) in [5.74, 6) is -1.76. The summed E-state index contributed by atoms with van der Waals surface area (Å²) in [6.07, 6.45) is 6.54. The number of nitrogens with two attached hydrogens (primary N) is 1. The van der Waals surface area contributed by atoms with Crippen molar-refractivity contribution in [1.29, 1.82) is 0 Å². The van der Waals surface area contributed by atoms with E-state index < -0.39 is 29.8 Å². The quantitative estimate of drug-likeness (QED) is 0.347. The predicted octanol–water partition coefficient (Wildman–Crippen LogP) is 0.0966. The maximum Gasteiger partial charge on any atom is 0.289 e. The van der Waals surface area contributed by atoms with Gasteiger partial charge in [0.2, 0.25) is 17.6 Å². The average Bonchev–Trinajstić information content (AvgIpc) is 3.12. The van der Waals surface area contributed by atoms with Crippen LogP contribution in [0.15, 0.2) is 12.7 Å². The van der Waals surface area contributed by atoms with Crippen LogP contribution in [0.1, 0.15) is 52.4 Å². The van der Waals surface area contributed by atoms with Crippen molar-refractivity contribution in [2.45, 2.75) is 70.5 Å². The van der Waals surface area contributed by atoms with Gasteiger partial charge in [-0.1, -0.05) is 45.6 Å². The third-order valence-electron chi connectivity index (χ3n) is 7.55. The van der Waals surface area contributed by atoms with Crippen LogP contribution in [0.5, 0.6) is 0 Å². The number of carbonyl (C=O) groups is 4. The summed E-state index contributed by atoms with van der Waals surface area (Å²) in [5, 5.41) is 8.60. The molecule has 3 amide bonds. The smallest absolute Gasteiger partial charge is 0.289 e. The number of nitrogens with one attached hydrogen (secondary N) is 3. The van der Waals surface area contributed by atoms with Crippen molar-refractivity contribution >= 4 is 23.5 Å². The van der Waals surface area contributed by atoms with Crippen LogP contribution in [0.3, 0.4) is 0 Å². The highest BCUT2D eigenvalue weighted by atomic mass is 16.2. The number of rotatable bonds is 4. The Morgan fingerprint density at radius 3 is 2.64 bits per heavy atom. The lowest BCUT2D eigenvalue weighted by molar-refractivity contribution is -0.143. The molecule has 0 spiro atoms. The van der Waals surface area contributed by atoms with Crippen LogP contribution in [0.4, 0.5) is 0 Å². The first kappa shape index (κ1) is 25.4. The topological polar surface area (TPSA) is 134 Å². The number of nitrogens with zero attached hydrogens (tertiary/aromatic N) is 1. The number of ketones is 1. The Hall–Kier alpha value is -2.26. The summed E-state index contributed by atoms with van der Waals surface area (Å²) < 4.78 is 0.